The molecule has 4 heteroatoms. The molecule has 33 heavy (non-hydrogen) atoms. The summed E-state index contributed by atoms with van der Waals surface area (Å²) in [5.74, 6) is -0.256. The van der Waals surface area contributed by atoms with Crippen LogP contribution >= 0.6 is 7.26 Å². The van der Waals surface area contributed by atoms with E-state index >= 15 is 0 Å². The van der Waals surface area contributed by atoms with E-state index in [0.717, 1.165) is 18.1 Å². The average molecular weight is 519 g/mol. The van der Waals surface area contributed by atoms with Crippen LogP contribution in [-0.2, 0) is 4.74 Å². The average Bonchev–Trinajstić information content (AvgIpc) is 2.86. The van der Waals surface area contributed by atoms with E-state index in [9.17, 15) is 4.79 Å². The van der Waals surface area contributed by atoms with Crippen molar-refractivity contribution < 1.29 is 26.5 Å². The Hall–Kier alpha value is -2.74. The van der Waals surface area contributed by atoms with Crippen molar-refractivity contribution in [3.63, 3.8) is 0 Å². The molecule has 0 amide bonds. The Kier molecular flexibility index (Phi) is 9.00. The molecule has 4 aromatic rings. The van der Waals surface area contributed by atoms with Gasteiger partial charge in [0.05, 0.1) is 18.3 Å². The molecule has 0 aliphatic heterocycles. The third-order valence-corrected chi connectivity index (χ3v) is 10.3. The fourth-order valence-electron chi connectivity index (χ4n) is 4.12. The summed E-state index contributed by atoms with van der Waals surface area (Å²) in [6.45, 7) is 2.41. The monoisotopic (exact) mass is 518 g/mol. The molecule has 0 aliphatic rings. The van der Waals surface area contributed by atoms with Gasteiger partial charge in [0.25, 0.3) is 0 Å². The molecule has 4 aromatic carbocycles. The molecule has 0 aromatic heterocycles. The predicted molar refractivity (Wildman–Crippen MR) is 136 cm³/mol. The molecule has 0 atom stereocenters. The zero-order valence-electron chi connectivity index (χ0n) is 18.7. The number of carbonyl (C=O) groups excluding carboxylic acids is 1. The SMILES string of the molecule is Cc1ccc(C(=O)OCCC[P+](c2ccccc2)(c2ccccc2)c2ccccc2)cc1.[Br-]. The Morgan fingerprint density at radius 1 is 0.667 bits per heavy atom. The van der Waals surface area contributed by atoms with Gasteiger partial charge in [0.2, 0.25) is 0 Å². The van der Waals surface area contributed by atoms with Crippen LogP contribution in [0, 0.1) is 6.92 Å². The third-order valence-electron chi connectivity index (χ3n) is 5.75. The van der Waals surface area contributed by atoms with Crippen molar-refractivity contribution in [1.82, 2.24) is 0 Å². The van der Waals surface area contributed by atoms with Crippen LogP contribution in [0.15, 0.2) is 115 Å². The minimum absolute atomic E-state index is 0. The maximum Gasteiger partial charge on any atom is 0.338 e. The molecule has 0 heterocycles. The van der Waals surface area contributed by atoms with Crippen molar-refractivity contribution in [2.75, 3.05) is 12.8 Å². The van der Waals surface area contributed by atoms with Crippen molar-refractivity contribution in [2.24, 2.45) is 0 Å². The lowest BCUT2D eigenvalue weighted by Gasteiger charge is -2.27. The summed E-state index contributed by atoms with van der Waals surface area (Å²) in [5.41, 5.74) is 1.73. The quantitative estimate of drug-likeness (QED) is 0.203. The third kappa shape index (κ3) is 5.79. The molecule has 2 nitrogen and oxygen atoms in total. The smallest absolute Gasteiger partial charge is 0.338 e. The van der Waals surface area contributed by atoms with Crippen LogP contribution in [0.25, 0.3) is 0 Å². The van der Waals surface area contributed by atoms with Crippen LogP contribution in [0.4, 0.5) is 0 Å². The summed E-state index contributed by atoms with van der Waals surface area (Å²) in [5, 5.41) is 4.05. The molecule has 0 saturated carbocycles. The highest BCUT2D eigenvalue weighted by atomic mass is 79.9. The molecule has 0 saturated heterocycles. The summed E-state index contributed by atoms with van der Waals surface area (Å²) >= 11 is 0. The van der Waals surface area contributed by atoms with Gasteiger partial charge in [-0.15, -0.1) is 0 Å². The van der Waals surface area contributed by atoms with Gasteiger partial charge in [-0.25, -0.2) is 4.79 Å². The van der Waals surface area contributed by atoms with E-state index < -0.39 is 7.26 Å². The van der Waals surface area contributed by atoms with Gasteiger partial charge in [-0.2, -0.15) is 0 Å². The van der Waals surface area contributed by atoms with E-state index in [1.165, 1.54) is 15.9 Å². The molecule has 168 valence electrons. The van der Waals surface area contributed by atoms with Gasteiger partial charge in [0.1, 0.15) is 23.2 Å². The van der Waals surface area contributed by atoms with Crippen LogP contribution in [0.5, 0.6) is 0 Å². The zero-order valence-corrected chi connectivity index (χ0v) is 21.2. The molecule has 0 N–H and O–H groups in total. The first-order valence-electron chi connectivity index (χ1n) is 11.0. The second-order valence-corrected chi connectivity index (χ2v) is 11.5. The van der Waals surface area contributed by atoms with E-state index in [2.05, 4.69) is 91.0 Å². The number of hydrogen-bond acceptors (Lipinski definition) is 2. The van der Waals surface area contributed by atoms with Crippen molar-refractivity contribution in [3.8, 4) is 0 Å². The zero-order chi connectivity index (χ0) is 22.2. The normalized spacial score (nSPS) is 10.8. The lowest BCUT2D eigenvalue weighted by atomic mass is 10.1. The number of esters is 1. The molecule has 0 fully saturated rings. The lowest BCUT2D eigenvalue weighted by molar-refractivity contribution is -0.0000242. The fourth-order valence-corrected chi connectivity index (χ4v) is 8.44. The molecule has 0 unspecified atom stereocenters. The van der Waals surface area contributed by atoms with Crippen LogP contribution in [-0.4, -0.2) is 18.7 Å². The topological polar surface area (TPSA) is 26.3 Å². The van der Waals surface area contributed by atoms with Gasteiger partial charge in [-0.1, -0.05) is 72.3 Å². The standard InChI is InChI=1S/C29H28O2P.BrH/c1-24-18-20-25(21-19-24)29(30)31-22-11-23-32(26-12-5-2-6-13-26,27-14-7-3-8-15-27)28-16-9-4-10-17-28;/h2-10,12-21H,11,22-23H2,1H3;1H/q+1;/p-1. The van der Waals surface area contributed by atoms with Gasteiger partial charge in [0.15, 0.2) is 0 Å². The number of ether oxygens (including phenoxy) is 1. The number of aryl methyl sites for hydroxylation is 1. The Labute approximate surface area is 207 Å². The summed E-state index contributed by atoms with van der Waals surface area (Å²) in [6, 6.07) is 39.9. The highest BCUT2D eigenvalue weighted by Gasteiger charge is 2.44. The first-order chi connectivity index (χ1) is 15.7. The van der Waals surface area contributed by atoms with Gasteiger partial charge < -0.3 is 21.7 Å². The van der Waals surface area contributed by atoms with Gasteiger partial charge in [-0.05, 0) is 55.5 Å². The Balaban J connectivity index is 0.00000306. The summed E-state index contributed by atoms with van der Waals surface area (Å²) in [6.07, 6.45) is 1.73. The fraction of sp³-hybridized carbons (Fsp3) is 0.138. The van der Waals surface area contributed by atoms with Crippen molar-refractivity contribution in [1.29, 1.82) is 0 Å². The Morgan fingerprint density at radius 3 is 1.52 bits per heavy atom. The number of benzene rings is 4. The minimum Gasteiger partial charge on any atom is -1.00 e. The molecular formula is C29H28BrO2P. The van der Waals surface area contributed by atoms with Crippen molar-refractivity contribution in [2.45, 2.75) is 13.3 Å². The minimum atomic E-state index is -1.88. The molecule has 0 radical (unpaired) electrons. The Morgan fingerprint density at radius 2 is 1.09 bits per heavy atom. The van der Waals surface area contributed by atoms with Crippen LogP contribution in [0.1, 0.15) is 22.3 Å². The second-order valence-electron chi connectivity index (χ2n) is 7.90. The maximum absolute atomic E-state index is 12.5. The summed E-state index contributed by atoms with van der Waals surface area (Å²) in [7, 11) is -1.88. The predicted octanol–water partition coefficient (Wildman–Crippen LogP) is 2.54. The summed E-state index contributed by atoms with van der Waals surface area (Å²) < 4.78 is 5.65. The van der Waals surface area contributed by atoms with Crippen LogP contribution < -0.4 is 32.9 Å². The Bertz CT molecular complexity index is 1030. The first kappa shape index (κ1) is 24.9. The molecule has 0 spiro atoms. The van der Waals surface area contributed by atoms with E-state index in [-0.39, 0.29) is 23.0 Å². The van der Waals surface area contributed by atoms with E-state index in [4.69, 9.17) is 4.74 Å². The van der Waals surface area contributed by atoms with E-state index in [0.29, 0.717) is 12.2 Å². The molecular weight excluding hydrogens is 491 g/mol. The number of carbonyl (C=O) groups is 1. The van der Waals surface area contributed by atoms with Gasteiger partial charge >= 0.3 is 5.97 Å². The van der Waals surface area contributed by atoms with Gasteiger partial charge in [0, 0.05) is 6.42 Å². The maximum atomic E-state index is 12.5. The highest BCUT2D eigenvalue weighted by molar-refractivity contribution is 7.95. The summed E-state index contributed by atoms with van der Waals surface area (Å²) in [4.78, 5) is 12.5. The van der Waals surface area contributed by atoms with E-state index in [1.807, 2.05) is 31.2 Å². The van der Waals surface area contributed by atoms with Crippen molar-refractivity contribution in [3.05, 3.63) is 126 Å². The molecule has 0 aliphatic carbocycles. The number of rotatable bonds is 8. The number of halogens is 1. The largest absolute Gasteiger partial charge is 1.00 e. The van der Waals surface area contributed by atoms with Crippen molar-refractivity contribution >= 4 is 29.1 Å². The van der Waals surface area contributed by atoms with Crippen LogP contribution in [0.2, 0.25) is 0 Å². The highest BCUT2D eigenvalue weighted by Crippen LogP contribution is 2.55. The first-order valence-corrected chi connectivity index (χ1v) is 13.0. The lowest BCUT2D eigenvalue weighted by Crippen LogP contribution is -3.00. The molecule has 4 rings (SSSR count). The van der Waals surface area contributed by atoms with E-state index in [1.54, 1.807) is 0 Å². The second kappa shape index (κ2) is 11.9. The van der Waals surface area contributed by atoms with Crippen LogP contribution in [0.3, 0.4) is 0 Å². The number of hydrogen-bond donors (Lipinski definition) is 0. The molecule has 0 bridgehead atoms. The van der Waals surface area contributed by atoms with Gasteiger partial charge in [-0.3, -0.25) is 0 Å².